The van der Waals surface area contributed by atoms with E-state index in [2.05, 4.69) is 9.97 Å². The molecule has 0 fully saturated rings. The highest BCUT2D eigenvalue weighted by Gasteiger charge is 2.03. The lowest BCUT2D eigenvalue weighted by molar-refractivity contribution is 0.306. The number of H-pyrrole nitrogens is 2. The van der Waals surface area contributed by atoms with Crippen LogP contribution in [0.25, 0.3) is 21.8 Å². The van der Waals surface area contributed by atoms with Gasteiger partial charge in [-0.3, -0.25) is 9.59 Å². The fraction of sp³-hybridized carbons (Fsp3) is 0.111. The van der Waals surface area contributed by atoms with Crippen molar-refractivity contribution in [2.75, 3.05) is 0 Å². The SMILES string of the molecule is Cc1cc(=O)[nH]c2cc(O)ccc12.Cc1cc(=O)[nH]c2cc(OCc3ccccc3)ccc12. The zero-order chi connectivity index (χ0) is 23.4. The largest absolute Gasteiger partial charge is 0.508 e. The Hall–Kier alpha value is -4.32. The number of rotatable bonds is 3. The van der Waals surface area contributed by atoms with Gasteiger partial charge in [-0.2, -0.15) is 0 Å². The Morgan fingerprint density at radius 3 is 1.94 bits per heavy atom. The standard InChI is InChI=1S/C17H15NO2.C10H9NO2/c1-12-9-17(19)18-16-10-14(7-8-15(12)16)20-11-13-5-3-2-4-6-13;1-6-4-10(13)11-9-5-7(12)2-3-8(6)9/h2-10H,11H2,1H3,(H,18,19);2-5,12H,1H3,(H,11,13). The number of hydrogen-bond acceptors (Lipinski definition) is 4. The number of nitrogens with one attached hydrogen (secondary N) is 2. The van der Waals surface area contributed by atoms with Gasteiger partial charge in [0.25, 0.3) is 0 Å². The Morgan fingerprint density at radius 2 is 1.30 bits per heavy atom. The summed E-state index contributed by atoms with van der Waals surface area (Å²) >= 11 is 0. The van der Waals surface area contributed by atoms with E-state index >= 15 is 0 Å². The minimum Gasteiger partial charge on any atom is -0.508 e. The first-order chi connectivity index (χ1) is 15.9. The van der Waals surface area contributed by atoms with Crippen molar-refractivity contribution < 1.29 is 9.84 Å². The molecular weight excluding hydrogens is 416 g/mol. The van der Waals surface area contributed by atoms with Crippen molar-refractivity contribution in [1.29, 1.82) is 0 Å². The third-order valence-electron chi connectivity index (χ3n) is 5.30. The van der Waals surface area contributed by atoms with Gasteiger partial charge in [0, 0.05) is 35.0 Å². The van der Waals surface area contributed by atoms with Gasteiger partial charge < -0.3 is 19.8 Å². The number of aromatic nitrogens is 2. The summed E-state index contributed by atoms with van der Waals surface area (Å²) < 4.78 is 5.76. The number of hydrogen-bond donors (Lipinski definition) is 3. The maximum atomic E-state index is 11.5. The average Bonchev–Trinajstić information content (AvgIpc) is 2.78. The van der Waals surface area contributed by atoms with Gasteiger partial charge in [-0.15, -0.1) is 0 Å². The molecular formula is C27H24N2O4. The molecule has 0 saturated carbocycles. The number of benzene rings is 3. The molecule has 2 heterocycles. The lowest BCUT2D eigenvalue weighted by atomic mass is 10.1. The molecule has 6 nitrogen and oxygen atoms in total. The highest BCUT2D eigenvalue weighted by molar-refractivity contribution is 5.83. The number of fused-ring (bicyclic) bond motifs is 2. The number of ether oxygens (including phenoxy) is 1. The molecule has 0 bridgehead atoms. The molecule has 0 aliphatic carbocycles. The van der Waals surface area contributed by atoms with Crippen LogP contribution < -0.4 is 15.9 Å². The summed E-state index contributed by atoms with van der Waals surface area (Å²) in [6, 6.07) is 23.8. The van der Waals surface area contributed by atoms with Crippen molar-refractivity contribution in [3.63, 3.8) is 0 Å². The third kappa shape index (κ3) is 5.30. The zero-order valence-electron chi connectivity index (χ0n) is 18.4. The highest BCUT2D eigenvalue weighted by Crippen LogP contribution is 2.21. The predicted molar refractivity (Wildman–Crippen MR) is 131 cm³/mol. The molecule has 3 aromatic carbocycles. The number of phenolic OH excluding ortho intramolecular Hbond substituents is 1. The van der Waals surface area contributed by atoms with Crippen LogP contribution in [0.15, 0.2) is 88.5 Å². The van der Waals surface area contributed by atoms with E-state index in [1.807, 2.05) is 62.4 Å². The molecule has 0 saturated heterocycles. The van der Waals surface area contributed by atoms with Crippen molar-refractivity contribution in [2.24, 2.45) is 0 Å². The van der Waals surface area contributed by atoms with Crippen LogP contribution in [0, 0.1) is 13.8 Å². The first-order valence-corrected chi connectivity index (χ1v) is 10.5. The molecule has 0 amide bonds. The van der Waals surface area contributed by atoms with Crippen molar-refractivity contribution in [1.82, 2.24) is 9.97 Å². The summed E-state index contributed by atoms with van der Waals surface area (Å²) in [4.78, 5) is 28.1. The van der Waals surface area contributed by atoms with Crippen molar-refractivity contribution >= 4 is 21.8 Å². The molecule has 0 spiro atoms. The summed E-state index contributed by atoms with van der Waals surface area (Å²) in [5.41, 5.74) is 4.25. The molecule has 0 unspecified atom stereocenters. The van der Waals surface area contributed by atoms with Crippen molar-refractivity contribution in [3.05, 3.63) is 116 Å². The van der Waals surface area contributed by atoms with Crippen LogP contribution in [0.5, 0.6) is 11.5 Å². The Balaban J connectivity index is 0.000000172. The quantitative estimate of drug-likeness (QED) is 0.370. The number of pyridine rings is 2. The van der Waals surface area contributed by atoms with Crippen LogP contribution in [0.2, 0.25) is 0 Å². The van der Waals surface area contributed by atoms with E-state index in [0.717, 1.165) is 38.7 Å². The first kappa shape index (κ1) is 21.9. The number of aromatic hydroxyl groups is 1. The number of aryl methyl sites for hydroxylation is 2. The molecule has 5 rings (SSSR count). The molecule has 6 heteroatoms. The summed E-state index contributed by atoms with van der Waals surface area (Å²) in [7, 11) is 0. The predicted octanol–water partition coefficient (Wildman–Crippen LogP) is 4.96. The van der Waals surface area contributed by atoms with Crippen molar-refractivity contribution in [2.45, 2.75) is 20.5 Å². The van der Waals surface area contributed by atoms with Gasteiger partial charge in [0.05, 0.1) is 11.0 Å². The molecule has 5 aromatic rings. The van der Waals surface area contributed by atoms with Crippen LogP contribution >= 0.6 is 0 Å². The molecule has 0 aliphatic heterocycles. The van der Waals surface area contributed by atoms with Gasteiger partial charge in [0.1, 0.15) is 18.1 Å². The molecule has 3 N–H and O–H groups in total. The maximum absolute atomic E-state index is 11.5. The van der Waals surface area contributed by atoms with E-state index < -0.39 is 0 Å². The maximum Gasteiger partial charge on any atom is 0.248 e. The second-order valence-corrected chi connectivity index (χ2v) is 7.84. The molecule has 0 radical (unpaired) electrons. The summed E-state index contributed by atoms with van der Waals surface area (Å²) in [5.74, 6) is 0.913. The van der Waals surface area contributed by atoms with E-state index in [0.29, 0.717) is 12.1 Å². The lowest BCUT2D eigenvalue weighted by Gasteiger charge is -2.08. The topological polar surface area (TPSA) is 95.2 Å². The van der Waals surface area contributed by atoms with Crippen molar-refractivity contribution in [3.8, 4) is 11.5 Å². The van der Waals surface area contributed by atoms with Crippen LogP contribution in [0.1, 0.15) is 16.7 Å². The Bertz CT molecular complexity index is 1540. The van der Waals surface area contributed by atoms with E-state index in [4.69, 9.17) is 4.74 Å². The van der Waals surface area contributed by atoms with Gasteiger partial charge in [-0.05, 0) is 54.8 Å². The molecule has 166 valence electrons. The monoisotopic (exact) mass is 440 g/mol. The summed E-state index contributed by atoms with van der Waals surface area (Å²) in [6.07, 6.45) is 0. The van der Waals surface area contributed by atoms with Gasteiger partial charge in [0.2, 0.25) is 11.1 Å². The minimum atomic E-state index is -0.143. The second kappa shape index (κ2) is 9.44. The highest BCUT2D eigenvalue weighted by atomic mass is 16.5. The molecule has 0 aliphatic rings. The summed E-state index contributed by atoms with van der Waals surface area (Å²) in [6.45, 7) is 4.32. The Kier molecular flexibility index (Phi) is 6.26. The van der Waals surface area contributed by atoms with Crippen LogP contribution in [-0.2, 0) is 6.61 Å². The number of aromatic amines is 2. The fourth-order valence-corrected chi connectivity index (χ4v) is 3.67. The third-order valence-corrected chi connectivity index (χ3v) is 5.30. The Labute approximate surface area is 190 Å². The molecule has 33 heavy (non-hydrogen) atoms. The van der Waals surface area contributed by atoms with E-state index in [1.54, 1.807) is 30.3 Å². The smallest absolute Gasteiger partial charge is 0.248 e. The van der Waals surface area contributed by atoms with Crippen LogP contribution in [0.4, 0.5) is 0 Å². The zero-order valence-corrected chi connectivity index (χ0v) is 18.4. The van der Waals surface area contributed by atoms with Gasteiger partial charge in [0.15, 0.2) is 0 Å². The minimum absolute atomic E-state index is 0.0878. The summed E-state index contributed by atoms with van der Waals surface area (Å²) in [5, 5.41) is 11.2. The van der Waals surface area contributed by atoms with Gasteiger partial charge in [-0.1, -0.05) is 30.3 Å². The van der Waals surface area contributed by atoms with Crippen LogP contribution in [0.3, 0.4) is 0 Å². The Morgan fingerprint density at radius 1 is 0.727 bits per heavy atom. The van der Waals surface area contributed by atoms with E-state index in [1.165, 1.54) is 0 Å². The molecule has 2 aromatic heterocycles. The van der Waals surface area contributed by atoms with Gasteiger partial charge >= 0.3 is 0 Å². The second-order valence-electron chi connectivity index (χ2n) is 7.84. The van der Waals surface area contributed by atoms with E-state index in [9.17, 15) is 14.7 Å². The van der Waals surface area contributed by atoms with Gasteiger partial charge in [-0.25, -0.2) is 0 Å². The van der Waals surface area contributed by atoms with E-state index in [-0.39, 0.29) is 16.9 Å². The molecule has 0 atom stereocenters. The normalized spacial score (nSPS) is 10.6. The fourth-order valence-electron chi connectivity index (χ4n) is 3.67. The van der Waals surface area contributed by atoms with Crippen LogP contribution in [-0.4, -0.2) is 15.1 Å². The number of phenols is 1. The lowest BCUT2D eigenvalue weighted by Crippen LogP contribution is -2.05. The first-order valence-electron chi connectivity index (χ1n) is 10.5. The average molecular weight is 440 g/mol.